The van der Waals surface area contributed by atoms with Crippen LogP contribution in [0.5, 0.6) is 5.75 Å². The molecule has 0 heterocycles. The fraction of sp³-hybridized carbons (Fsp3) is 0.538. The summed E-state index contributed by atoms with van der Waals surface area (Å²) >= 11 is 5.68. The van der Waals surface area contributed by atoms with Crippen molar-refractivity contribution in [2.24, 2.45) is 5.92 Å². The lowest BCUT2D eigenvalue weighted by Crippen LogP contribution is -2.20. The molecule has 0 saturated carbocycles. The molecular weight excluding hydrogens is 222 g/mol. The molecule has 1 N–H and O–H groups in total. The number of nitrogens with one attached hydrogen (secondary N) is 1. The van der Waals surface area contributed by atoms with Gasteiger partial charge in [-0.05, 0) is 36.6 Å². The zero-order valence-electron chi connectivity index (χ0n) is 10.0. The Bertz CT molecular complexity index is 286. The van der Waals surface area contributed by atoms with Gasteiger partial charge in [0.05, 0.1) is 7.11 Å². The molecule has 90 valence electrons. The van der Waals surface area contributed by atoms with Crippen molar-refractivity contribution in [1.82, 2.24) is 5.32 Å². The van der Waals surface area contributed by atoms with E-state index in [1.807, 2.05) is 12.1 Å². The zero-order valence-corrected chi connectivity index (χ0v) is 10.8. The molecular formula is C13H20ClNO. The summed E-state index contributed by atoms with van der Waals surface area (Å²) in [5, 5.41) is 3.42. The Morgan fingerprint density at radius 3 is 2.56 bits per heavy atom. The highest BCUT2D eigenvalue weighted by Gasteiger charge is 2.00. The van der Waals surface area contributed by atoms with Gasteiger partial charge in [0.15, 0.2) is 0 Å². The van der Waals surface area contributed by atoms with E-state index in [1.165, 1.54) is 5.56 Å². The molecule has 0 spiro atoms. The van der Waals surface area contributed by atoms with Crippen molar-refractivity contribution >= 4 is 11.6 Å². The van der Waals surface area contributed by atoms with Gasteiger partial charge in [0.1, 0.15) is 5.75 Å². The fourth-order valence-corrected chi connectivity index (χ4v) is 1.87. The van der Waals surface area contributed by atoms with Gasteiger partial charge in [0.2, 0.25) is 0 Å². The first-order valence-electron chi connectivity index (χ1n) is 5.66. The van der Waals surface area contributed by atoms with Crippen LogP contribution in [0.4, 0.5) is 0 Å². The van der Waals surface area contributed by atoms with Gasteiger partial charge in [-0.1, -0.05) is 19.1 Å². The highest BCUT2D eigenvalue weighted by Crippen LogP contribution is 2.11. The van der Waals surface area contributed by atoms with Gasteiger partial charge >= 0.3 is 0 Å². The lowest BCUT2D eigenvalue weighted by molar-refractivity contribution is 0.414. The van der Waals surface area contributed by atoms with Crippen LogP contribution in [-0.2, 0) is 6.54 Å². The Hall–Kier alpha value is -0.730. The maximum Gasteiger partial charge on any atom is 0.118 e. The molecule has 0 bridgehead atoms. The molecule has 0 amide bonds. The second kappa shape index (κ2) is 7.53. The molecule has 1 atom stereocenters. The summed E-state index contributed by atoms with van der Waals surface area (Å²) in [7, 11) is 1.68. The number of alkyl halides is 1. The minimum atomic E-state index is 0.635. The van der Waals surface area contributed by atoms with Crippen molar-refractivity contribution in [3.8, 4) is 5.75 Å². The molecule has 3 heteroatoms. The van der Waals surface area contributed by atoms with Crippen molar-refractivity contribution in [3.63, 3.8) is 0 Å². The van der Waals surface area contributed by atoms with Gasteiger partial charge in [0.25, 0.3) is 0 Å². The smallest absolute Gasteiger partial charge is 0.118 e. The quantitative estimate of drug-likeness (QED) is 0.741. The van der Waals surface area contributed by atoms with Crippen molar-refractivity contribution in [3.05, 3.63) is 29.8 Å². The lowest BCUT2D eigenvalue weighted by atomic mass is 10.1. The van der Waals surface area contributed by atoms with Gasteiger partial charge < -0.3 is 10.1 Å². The maximum absolute atomic E-state index is 5.68. The monoisotopic (exact) mass is 241 g/mol. The summed E-state index contributed by atoms with van der Waals surface area (Å²) in [6.45, 7) is 4.12. The third-order valence-electron chi connectivity index (χ3n) is 2.58. The van der Waals surface area contributed by atoms with Crippen LogP contribution in [0.1, 0.15) is 18.9 Å². The molecule has 1 aromatic rings. The average molecular weight is 242 g/mol. The van der Waals surface area contributed by atoms with Crippen LogP contribution in [0, 0.1) is 5.92 Å². The molecule has 1 aromatic carbocycles. The molecule has 0 aromatic heterocycles. The standard InChI is InChI=1S/C13H20ClNO/c1-11(7-8-14)9-15-10-12-3-5-13(16-2)6-4-12/h3-6,11,15H,7-10H2,1-2H3. The maximum atomic E-state index is 5.68. The minimum Gasteiger partial charge on any atom is -0.497 e. The number of ether oxygens (including phenoxy) is 1. The number of methoxy groups -OCH3 is 1. The average Bonchev–Trinajstić information content (AvgIpc) is 2.30. The van der Waals surface area contributed by atoms with Crippen molar-refractivity contribution in [1.29, 1.82) is 0 Å². The van der Waals surface area contributed by atoms with Crippen LogP contribution in [-0.4, -0.2) is 19.5 Å². The van der Waals surface area contributed by atoms with E-state index in [0.29, 0.717) is 5.92 Å². The molecule has 0 radical (unpaired) electrons. The van der Waals surface area contributed by atoms with Gasteiger partial charge in [-0.25, -0.2) is 0 Å². The number of hydrogen-bond acceptors (Lipinski definition) is 2. The Morgan fingerprint density at radius 1 is 1.31 bits per heavy atom. The van der Waals surface area contributed by atoms with E-state index < -0.39 is 0 Å². The highest BCUT2D eigenvalue weighted by atomic mass is 35.5. The van der Waals surface area contributed by atoms with Crippen LogP contribution in [0.3, 0.4) is 0 Å². The molecule has 0 aliphatic carbocycles. The Labute approximate surface area is 103 Å². The van der Waals surface area contributed by atoms with Crippen molar-refractivity contribution < 1.29 is 4.74 Å². The number of rotatable bonds is 7. The summed E-state index contributed by atoms with van der Waals surface area (Å²) in [6.07, 6.45) is 1.07. The second-order valence-electron chi connectivity index (χ2n) is 4.06. The molecule has 1 unspecified atom stereocenters. The van der Waals surface area contributed by atoms with E-state index in [-0.39, 0.29) is 0 Å². The minimum absolute atomic E-state index is 0.635. The predicted molar refractivity (Wildman–Crippen MR) is 69.2 cm³/mol. The normalized spacial score (nSPS) is 12.4. The number of halogens is 1. The van der Waals surface area contributed by atoms with Gasteiger partial charge in [-0.3, -0.25) is 0 Å². The van der Waals surface area contributed by atoms with E-state index in [4.69, 9.17) is 16.3 Å². The summed E-state index contributed by atoms with van der Waals surface area (Å²) in [6, 6.07) is 8.13. The molecule has 1 rings (SSSR count). The third kappa shape index (κ3) is 4.86. The Balaban J connectivity index is 2.26. The first-order chi connectivity index (χ1) is 7.76. The van der Waals surface area contributed by atoms with Gasteiger partial charge in [0, 0.05) is 12.4 Å². The van der Waals surface area contributed by atoms with Gasteiger partial charge in [-0.15, -0.1) is 11.6 Å². The van der Waals surface area contributed by atoms with E-state index in [9.17, 15) is 0 Å². The lowest BCUT2D eigenvalue weighted by Gasteiger charge is -2.11. The zero-order chi connectivity index (χ0) is 11.8. The summed E-state index contributed by atoms with van der Waals surface area (Å²) in [4.78, 5) is 0. The number of hydrogen-bond donors (Lipinski definition) is 1. The van der Waals surface area contributed by atoms with Crippen LogP contribution >= 0.6 is 11.6 Å². The topological polar surface area (TPSA) is 21.3 Å². The summed E-state index contributed by atoms with van der Waals surface area (Å²) < 4.78 is 5.11. The van der Waals surface area contributed by atoms with Gasteiger partial charge in [-0.2, -0.15) is 0 Å². The fourth-order valence-electron chi connectivity index (χ4n) is 1.49. The van der Waals surface area contributed by atoms with Crippen LogP contribution < -0.4 is 10.1 Å². The van der Waals surface area contributed by atoms with E-state index >= 15 is 0 Å². The first kappa shape index (κ1) is 13.3. The van der Waals surface area contributed by atoms with E-state index in [1.54, 1.807) is 7.11 Å². The van der Waals surface area contributed by atoms with E-state index in [0.717, 1.165) is 31.1 Å². The van der Waals surface area contributed by atoms with Crippen molar-refractivity contribution in [2.45, 2.75) is 19.9 Å². The Morgan fingerprint density at radius 2 is 2.00 bits per heavy atom. The molecule has 2 nitrogen and oxygen atoms in total. The third-order valence-corrected chi connectivity index (χ3v) is 2.80. The molecule has 0 fully saturated rings. The SMILES string of the molecule is COc1ccc(CNCC(C)CCCl)cc1. The first-order valence-corrected chi connectivity index (χ1v) is 6.19. The summed E-state index contributed by atoms with van der Waals surface area (Å²) in [5.41, 5.74) is 1.28. The highest BCUT2D eigenvalue weighted by molar-refractivity contribution is 6.17. The molecule has 0 saturated heterocycles. The molecule has 0 aliphatic rings. The molecule has 16 heavy (non-hydrogen) atoms. The van der Waals surface area contributed by atoms with Crippen LogP contribution in [0.25, 0.3) is 0 Å². The largest absolute Gasteiger partial charge is 0.497 e. The predicted octanol–water partition coefficient (Wildman–Crippen LogP) is 3.05. The number of benzene rings is 1. The van der Waals surface area contributed by atoms with Crippen LogP contribution in [0.2, 0.25) is 0 Å². The molecule has 0 aliphatic heterocycles. The van der Waals surface area contributed by atoms with E-state index in [2.05, 4.69) is 24.4 Å². The van der Waals surface area contributed by atoms with Crippen LogP contribution in [0.15, 0.2) is 24.3 Å². The summed E-state index contributed by atoms with van der Waals surface area (Å²) in [5.74, 6) is 2.28. The second-order valence-corrected chi connectivity index (χ2v) is 4.44. The van der Waals surface area contributed by atoms with Crippen molar-refractivity contribution in [2.75, 3.05) is 19.5 Å². The Kier molecular flexibility index (Phi) is 6.27.